The summed E-state index contributed by atoms with van der Waals surface area (Å²) in [5, 5.41) is 2.66. The number of ether oxygens (including phenoxy) is 2. The highest BCUT2D eigenvalue weighted by Crippen LogP contribution is 2.65. The number of rotatable bonds is 4. The number of alkyl carbamates (subject to hydrolysis) is 1. The molecule has 22 heavy (non-hydrogen) atoms. The Labute approximate surface area is 130 Å². The van der Waals surface area contributed by atoms with E-state index >= 15 is 0 Å². The molecule has 6 heteroatoms. The van der Waals surface area contributed by atoms with Crippen LogP contribution in [-0.2, 0) is 14.3 Å². The molecule has 0 radical (unpaired) electrons. The number of nitrogens with one attached hydrogen (secondary N) is 1. The van der Waals surface area contributed by atoms with Gasteiger partial charge in [-0.3, -0.25) is 4.79 Å². The molecule has 0 bridgehead atoms. The summed E-state index contributed by atoms with van der Waals surface area (Å²) >= 11 is 0. The average molecular weight is 315 g/mol. The van der Waals surface area contributed by atoms with Gasteiger partial charge in [0.05, 0.1) is 12.0 Å². The van der Waals surface area contributed by atoms with E-state index in [1.807, 2.05) is 0 Å². The Morgan fingerprint density at radius 1 is 1.27 bits per heavy atom. The minimum absolute atomic E-state index is 0.0677. The van der Waals surface area contributed by atoms with Gasteiger partial charge in [0.15, 0.2) is 0 Å². The maximum Gasteiger partial charge on any atom is 0.407 e. The molecule has 0 aromatic rings. The van der Waals surface area contributed by atoms with Crippen molar-refractivity contribution in [1.29, 1.82) is 0 Å². The van der Waals surface area contributed by atoms with Crippen LogP contribution in [0.15, 0.2) is 0 Å². The molecule has 2 aliphatic rings. The van der Waals surface area contributed by atoms with Crippen LogP contribution in [0.4, 0.5) is 9.18 Å². The number of halogens is 1. The van der Waals surface area contributed by atoms with Crippen LogP contribution in [0.2, 0.25) is 0 Å². The standard InChI is InChI=1S/C16H26FNO4/c1-5-21-12(19)16(8-15(9-16)6-11(17)7-15)10-18-13(20)22-14(2,3)4/h11H,5-10H2,1-4H3,(H,18,20). The van der Waals surface area contributed by atoms with Crippen LogP contribution in [0.5, 0.6) is 0 Å². The van der Waals surface area contributed by atoms with E-state index in [4.69, 9.17) is 9.47 Å². The largest absolute Gasteiger partial charge is 0.466 e. The molecule has 1 N–H and O–H groups in total. The fourth-order valence-electron chi connectivity index (χ4n) is 3.73. The van der Waals surface area contributed by atoms with Gasteiger partial charge in [-0.2, -0.15) is 0 Å². The first-order valence-corrected chi connectivity index (χ1v) is 7.88. The average Bonchev–Trinajstić information content (AvgIpc) is 2.28. The molecule has 2 fully saturated rings. The Bertz CT molecular complexity index is 444. The molecule has 5 nitrogen and oxygen atoms in total. The Kier molecular flexibility index (Phi) is 4.42. The van der Waals surface area contributed by atoms with Gasteiger partial charge in [0.2, 0.25) is 0 Å². The summed E-state index contributed by atoms with van der Waals surface area (Å²) in [6.07, 6.45) is 0.888. The number of carbonyl (C=O) groups is 2. The van der Waals surface area contributed by atoms with Gasteiger partial charge < -0.3 is 14.8 Å². The zero-order valence-electron chi connectivity index (χ0n) is 13.8. The van der Waals surface area contributed by atoms with Crippen molar-refractivity contribution < 1.29 is 23.5 Å². The molecule has 0 atom stereocenters. The Morgan fingerprint density at radius 2 is 1.86 bits per heavy atom. The monoisotopic (exact) mass is 315 g/mol. The van der Waals surface area contributed by atoms with Crippen LogP contribution in [0, 0.1) is 10.8 Å². The molecule has 0 aliphatic heterocycles. The van der Waals surface area contributed by atoms with Gasteiger partial charge in [-0.15, -0.1) is 0 Å². The lowest BCUT2D eigenvalue weighted by Gasteiger charge is -2.60. The molecular weight excluding hydrogens is 289 g/mol. The zero-order chi connectivity index (χ0) is 16.6. The Hall–Kier alpha value is -1.33. The lowest BCUT2D eigenvalue weighted by molar-refractivity contribution is -0.186. The third kappa shape index (κ3) is 3.52. The molecule has 0 aromatic carbocycles. The van der Waals surface area contributed by atoms with Gasteiger partial charge in [-0.25, -0.2) is 9.18 Å². The van der Waals surface area contributed by atoms with Crippen LogP contribution in [-0.4, -0.2) is 37.0 Å². The summed E-state index contributed by atoms with van der Waals surface area (Å²) in [4.78, 5) is 24.0. The van der Waals surface area contributed by atoms with Gasteiger partial charge in [0, 0.05) is 6.54 Å². The normalized spacial score (nSPS) is 33.6. The molecule has 0 aromatic heterocycles. The molecule has 1 spiro atoms. The van der Waals surface area contributed by atoms with Crippen molar-refractivity contribution in [3.63, 3.8) is 0 Å². The number of alkyl halides is 1. The SMILES string of the molecule is CCOC(=O)C1(CNC(=O)OC(C)(C)C)CC2(CC(F)C2)C1. The van der Waals surface area contributed by atoms with Gasteiger partial charge in [0.25, 0.3) is 0 Å². The zero-order valence-corrected chi connectivity index (χ0v) is 13.8. The van der Waals surface area contributed by atoms with Crippen molar-refractivity contribution in [2.75, 3.05) is 13.2 Å². The predicted molar refractivity (Wildman–Crippen MR) is 79.1 cm³/mol. The smallest absolute Gasteiger partial charge is 0.407 e. The van der Waals surface area contributed by atoms with Crippen LogP contribution < -0.4 is 5.32 Å². The summed E-state index contributed by atoms with van der Waals surface area (Å²) in [5.41, 5.74) is -1.38. The van der Waals surface area contributed by atoms with Gasteiger partial charge >= 0.3 is 12.1 Å². The second-order valence-corrected chi connectivity index (χ2v) is 7.72. The van der Waals surface area contributed by atoms with Crippen LogP contribution >= 0.6 is 0 Å². The van der Waals surface area contributed by atoms with E-state index in [9.17, 15) is 14.0 Å². The van der Waals surface area contributed by atoms with E-state index in [2.05, 4.69) is 5.32 Å². The maximum atomic E-state index is 13.1. The molecule has 0 saturated heterocycles. The summed E-state index contributed by atoms with van der Waals surface area (Å²) in [5.74, 6) is -0.306. The minimum atomic E-state index is -0.751. The lowest BCUT2D eigenvalue weighted by atomic mass is 9.44. The fourth-order valence-corrected chi connectivity index (χ4v) is 3.73. The summed E-state index contributed by atoms with van der Waals surface area (Å²) < 4.78 is 23.5. The van der Waals surface area contributed by atoms with Crippen LogP contribution in [0.3, 0.4) is 0 Å². The second kappa shape index (κ2) is 5.70. The van der Waals surface area contributed by atoms with Crippen LogP contribution in [0.1, 0.15) is 53.4 Å². The molecule has 126 valence electrons. The van der Waals surface area contributed by atoms with Crippen molar-refractivity contribution >= 4 is 12.1 Å². The van der Waals surface area contributed by atoms with Crippen molar-refractivity contribution in [1.82, 2.24) is 5.32 Å². The number of hydrogen-bond donors (Lipinski definition) is 1. The van der Waals surface area contributed by atoms with Crippen molar-refractivity contribution in [3.05, 3.63) is 0 Å². The van der Waals surface area contributed by atoms with E-state index < -0.39 is 23.3 Å². The van der Waals surface area contributed by atoms with E-state index in [-0.39, 0.29) is 17.9 Å². The van der Waals surface area contributed by atoms with Gasteiger partial charge in [-0.05, 0) is 58.8 Å². The van der Waals surface area contributed by atoms with Crippen molar-refractivity contribution in [3.8, 4) is 0 Å². The quantitative estimate of drug-likeness (QED) is 0.810. The highest BCUT2D eigenvalue weighted by molar-refractivity contribution is 5.80. The summed E-state index contributed by atoms with van der Waals surface area (Å²) in [6.45, 7) is 7.57. The number of hydrogen-bond acceptors (Lipinski definition) is 4. The molecule has 1 amide bonds. The molecule has 2 aliphatic carbocycles. The molecule has 0 unspecified atom stereocenters. The third-order valence-electron chi connectivity index (χ3n) is 4.41. The topological polar surface area (TPSA) is 64.6 Å². The number of esters is 1. The number of carbonyl (C=O) groups excluding carboxylic acids is 2. The highest BCUT2D eigenvalue weighted by atomic mass is 19.1. The predicted octanol–water partition coefficient (Wildman–Crippen LogP) is 2.97. The first-order chi connectivity index (χ1) is 10.1. The summed E-state index contributed by atoms with van der Waals surface area (Å²) in [6, 6.07) is 0. The Morgan fingerprint density at radius 3 is 2.32 bits per heavy atom. The third-order valence-corrected chi connectivity index (χ3v) is 4.41. The molecular formula is C16H26FNO4. The molecule has 0 heterocycles. The van der Waals surface area contributed by atoms with E-state index in [1.54, 1.807) is 27.7 Å². The van der Waals surface area contributed by atoms with E-state index in [0.29, 0.717) is 32.3 Å². The summed E-state index contributed by atoms with van der Waals surface area (Å²) in [7, 11) is 0. The second-order valence-electron chi connectivity index (χ2n) is 7.72. The minimum Gasteiger partial charge on any atom is -0.466 e. The van der Waals surface area contributed by atoms with E-state index in [0.717, 1.165) is 0 Å². The Balaban J connectivity index is 1.93. The maximum absolute atomic E-state index is 13.1. The van der Waals surface area contributed by atoms with Gasteiger partial charge in [-0.1, -0.05) is 0 Å². The van der Waals surface area contributed by atoms with Gasteiger partial charge in [0.1, 0.15) is 11.8 Å². The van der Waals surface area contributed by atoms with E-state index in [1.165, 1.54) is 0 Å². The molecule has 2 saturated carbocycles. The van der Waals surface area contributed by atoms with Crippen molar-refractivity contribution in [2.45, 2.75) is 65.2 Å². The first kappa shape index (κ1) is 17.0. The van der Waals surface area contributed by atoms with Crippen molar-refractivity contribution in [2.24, 2.45) is 10.8 Å². The van der Waals surface area contributed by atoms with Crippen LogP contribution in [0.25, 0.3) is 0 Å². The fraction of sp³-hybridized carbons (Fsp3) is 0.875. The number of amides is 1. The molecule has 2 rings (SSSR count). The lowest BCUT2D eigenvalue weighted by Crippen LogP contribution is -2.61. The highest BCUT2D eigenvalue weighted by Gasteiger charge is 2.64. The first-order valence-electron chi connectivity index (χ1n) is 7.88.